The number of hydrogen-bond acceptors (Lipinski definition) is 5. The fraction of sp³-hybridized carbons (Fsp3) is 0.333. The second kappa shape index (κ2) is 8.40. The number of alkyl halides is 3. The Hall–Kier alpha value is -2.37. The molecule has 1 aromatic carbocycles. The molecule has 1 fully saturated rings. The highest BCUT2D eigenvalue weighted by atomic mass is 35.5. The number of rotatable bonds is 4. The lowest BCUT2D eigenvalue weighted by Crippen LogP contribution is -2.49. The van der Waals surface area contributed by atoms with Gasteiger partial charge < -0.3 is 9.80 Å². The first-order chi connectivity index (χ1) is 14.0. The number of aromatic nitrogens is 1. The molecule has 30 heavy (non-hydrogen) atoms. The number of nitrogens with one attached hydrogen (secondary N) is 1. The van der Waals surface area contributed by atoms with Crippen molar-refractivity contribution < 1.29 is 26.4 Å². The number of sulfonamides is 1. The highest BCUT2D eigenvalue weighted by molar-refractivity contribution is 7.89. The molecule has 1 aliphatic heterocycles. The number of amides is 1. The zero-order valence-corrected chi connectivity index (χ0v) is 17.4. The van der Waals surface area contributed by atoms with Crippen LogP contribution in [0.25, 0.3) is 0 Å². The number of halogens is 4. The minimum atomic E-state index is -4.45. The van der Waals surface area contributed by atoms with Gasteiger partial charge in [0, 0.05) is 32.4 Å². The third-order valence-corrected chi connectivity index (χ3v) is 6.45. The van der Waals surface area contributed by atoms with Gasteiger partial charge in [0.05, 0.1) is 21.0 Å². The van der Waals surface area contributed by atoms with Crippen molar-refractivity contribution in [1.29, 1.82) is 0 Å². The molecule has 0 aliphatic carbocycles. The summed E-state index contributed by atoms with van der Waals surface area (Å²) in [5.41, 5.74) is -0.764. The van der Waals surface area contributed by atoms with Gasteiger partial charge in [0.2, 0.25) is 10.0 Å². The maximum absolute atomic E-state index is 12.9. The van der Waals surface area contributed by atoms with E-state index in [2.05, 4.69) is 9.71 Å². The third-order valence-electron chi connectivity index (χ3n) is 4.71. The van der Waals surface area contributed by atoms with Crippen LogP contribution in [0.4, 0.5) is 19.0 Å². The first-order valence-electron chi connectivity index (χ1n) is 8.83. The topological polar surface area (TPSA) is 82.6 Å². The lowest BCUT2D eigenvalue weighted by molar-refractivity contribution is -0.137. The Balaban J connectivity index is 1.71. The monoisotopic (exact) mass is 462 g/mol. The fourth-order valence-corrected chi connectivity index (χ4v) is 3.96. The number of nitrogens with zero attached hydrogens (tertiary/aromatic N) is 3. The minimum absolute atomic E-state index is 0.0640. The number of anilines is 1. The second-order valence-corrected chi connectivity index (χ2v) is 8.83. The van der Waals surface area contributed by atoms with Crippen LogP contribution in [0.2, 0.25) is 5.02 Å². The Morgan fingerprint density at radius 3 is 2.33 bits per heavy atom. The number of benzene rings is 1. The molecule has 3 rings (SSSR count). The quantitative estimate of drug-likeness (QED) is 0.755. The van der Waals surface area contributed by atoms with Crippen molar-refractivity contribution in [1.82, 2.24) is 14.6 Å². The number of carbonyl (C=O) groups is 1. The van der Waals surface area contributed by atoms with Crippen LogP contribution >= 0.6 is 11.6 Å². The molecule has 0 saturated carbocycles. The van der Waals surface area contributed by atoms with E-state index in [1.165, 1.54) is 36.2 Å². The predicted octanol–water partition coefficient (Wildman–Crippen LogP) is 2.62. The molecule has 1 saturated heterocycles. The van der Waals surface area contributed by atoms with Crippen LogP contribution in [-0.4, -0.2) is 57.4 Å². The van der Waals surface area contributed by atoms with E-state index >= 15 is 0 Å². The molecule has 2 aromatic rings. The van der Waals surface area contributed by atoms with Gasteiger partial charge in [-0.15, -0.1) is 0 Å². The molecule has 0 spiro atoms. The summed E-state index contributed by atoms with van der Waals surface area (Å²) in [4.78, 5) is 19.9. The Morgan fingerprint density at radius 2 is 1.80 bits per heavy atom. The maximum atomic E-state index is 12.9. The van der Waals surface area contributed by atoms with Gasteiger partial charge in [-0.3, -0.25) is 4.79 Å². The summed E-state index contributed by atoms with van der Waals surface area (Å²) in [6.07, 6.45) is -3.68. The van der Waals surface area contributed by atoms with E-state index in [-0.39, 0.29) is 28.6 Å². The van der Waals surface area contributed by atoms with Crippen LogP contribution < -0.4 is 9.62 Å². The van der Waals surface area contributed by atoms with Gasteiger partial charge >= 0.3 is 6.18 Å². The van der Waals surface area contributed by atoms with Gasteiger partial charge in [-0.2, -0.15) is 13.2 Å². The Labute approximate surface area is 176 Å². The van der Waals surface area contributed by atoms with Crippen LogP contribution in [0, 0.1) is 0 Å². The van der Waals surface area contributed by atoms with Crippen molar-refractivity contribution >= 4 is 33.3 Å². The van der Waals surface area contributed by atoms with E-state index in [0.29, 0.717) is 18.9 Å². The Kier molecular flexibility index (Phi) is 6.25. The lowest BCUT2D eigenvalue weighted by Gasteiger charge is -2.35. The summed E-state index contributed by atoms with van der Waals surface area (Å²) in [5, 5.41) is 0.127. The van der Waals surface area contributed by atoms with Gasteiger partial charge in [0.1, 0.15) is 5.82 Å². The summed E-state index contributed by atoms with van der Waals surface area (Å²) < 4.78 is 64.2. The van der Waals surface area contributed by atoms with E-state index in [9.17, 15) is 26.4 Å². The fourth-order valence-electron chi connectivity index (χ4n) is 3.00. The average molecular weight is 463 g/mol. The second-order valence-electron chi connectivity index (χ2n) is 6.53. The van der Waals surface area contributed by atoms with E-state index in [0.717, 1.165) is 12.3 Å². The standard InChI is InChI=1S/C18H18ClF3N4O3S/c1-23-30(28,29)13-3-4-15(19)14(10-13)17(27)26-8-6-25(7-9-26)16-5-2-12(11-24-16)18(20,21)22/h2-5,10-11,23H,6-9H2,1H3. The number of carbonyl (C=O) groups excluding carboxylic acids is 1. The molecule has 0 unspecified atom stereocenters. The molecule has 1 aromatic heterocycles. The highest BCUT2D eigenvalue weighted by Gasteiger charge is 2.31. The van der Waals surface area contributed by atoms with E-state index in [1.807, 2.05) is 0 Å². The molecule has 7 nitrogen and oxygen atoms in total. The van der Waals surface area contributed by atoms with Crippen LogP contribution in [0.1, 0.15) is 15.9 Å². The summed E-state index contributed by atoms with van der Waals surface area (Å²) in [7, 11) is -2.47. The number of piperazine rings is 1. The SMILES string of the molecule is CNS(=O)(=O)c1ccc(Cl)c(C(=O)N2CCN(c3ccc(C(F)(F)F)cn3)CC2)c1. The lowest BCUT2D eigenvalue weighted by atomic mass is 10.1. The van der Waals surface area contributed by atoms with Crippen molar-refractivity contribution in [2.45, 2.75) is 11.1 Å². The largest absolute Gasteiger partial charge is 0.417 e. The van der Waals surface area contributed by atoms with Gasteiger partial charge in [0.15, 0.2) is 0 Å². The Bertz CT molecular complexity index is 1040. The minimum Gasteiger partial charge on any atom is -0.353 e. The zero-order chi connectivity index (χ0) is 22.1. The zero-order valence-electron chi connectivity index (χ0n) is 15.8. The van der Waals surface area contributed by atoms with Crippen LogP contribution in [-0.2, 0) is 16.2 Å². The van der Waals surface area contributed by atoms with E-state index in [1.54, 1.807) is 4.90 Å². The molecular formula is C18H18ClF3N4O3S. The third kappa shape index (κ3) is 4.68. The molecule has 162 valence electrons. The normalized spacial score (nSPS) is 15.4. The van der Waals surface area contributed by atoms with Crippen molar-refractivity contribution in [3.63, 3.8) is 0 Å². The molecule has 1 N–H and O–H groups in total. The van der Waals surface area contributed by atoms with Crippen LogP contribution in [0.3, 0.4) is 0 Å². The van der Waals surface area contributed by atoms with Gasteiger partial charge in [-0.25, -0.2) is 18.1 Å². The van der Waals surface area contributed by atoms with Gasteiger partial charge in [-0.1, -0.05) is 11.6 Å². The van der Waals surface area contributed by atoms with Crippen LogP contribution in [0.15, 0.2) is 41.4 Å². The molecule has 2 heterocycles. The predicted molar refractivity (Wildman–Crippen MR) is 105 cm³/mol. The summed E-state index contributed by atoms with van der Waals surface area (Å²) >= 11 is 6.10. The van der Waals surface area contributed by atoms with Crippen molar-refractivity contribution in [2.24, 2.45) is 0 Å². The highest BCUT2D eigenvalue weighted by Crippen LogP contribution is 2.29. The molecule has 0 atom stereocenters. The number of pyridine rings is 1. The summed E-state index contributed by atoms with van der Waals surface area (Å²) in [5.74, 6) is -0.0385. The molecular weight excluding hydrogens is 445 g/mol. The molecule has 1 aliphatic rings. The van der Waals surface area contributed by atoms with Crippen molar-refractivity contribution in [3.8, 4) is 0 Å². The number of hydrogen-bond donors (Lipinski definition) is 1. The smallest absolute Gasteiger partial charge is 0.353 e. The first kappa shape index (κ1) is 22.3. The molecule has 12 heteroatoms. The summed E-state index contributed by atoms with van der Waals surface area (Å²) in [6, 6.07) is 6.14. The summed E-state index contributed by atoms with van der Waals surface area (Å²) in [6.45, 7) is 1.27. The first-order valence-corrected chi connectivity index (χ1v) is 10.7. The van der Waals surface area contributed by atoms with Gasteiger partial charge in [0.25, 0.3) is 5.91 Å². The van der Waals surface area contributed by atoms with Crippen molar-refractivity contribution in [2.75, 3.05) is 38.1 Å². The molecule has 0 radical (unpaired) electrons. The van der Waals surface area contributed by atoms with E-state index in [4.69, 9.17) is 11.6 Å². The Morgan fingerprint density at radius 1 is 1.13 bits per heavy atom. The van der Waals surface area contributed by atoms with Crippen LogP contribution in [0.5, 0.6) is 0 Å². The molecule has 0 bridgehead atoms. The maximum Gasteiger partial charge on any atom is 0.417 e. The average Bonchev–Trinajstić information content (AvgIpc) is 2.73. The molecule has 1 amide bonds. The van der Waals surface area contributed by atoms with E-state index < -0.39 is 27.7 Å². The van der Waals surface area contributed by atoms with Crippen molar-refractivity contribution in [3.05, 3.63) is 52.7 Å². The van der Waals surface area contributed by atoms with Gasteiger partial charge in [-0.05, 0) is 37.4 Å².